The van der Waals surface area contributed by atoms with Gasteiger partial charge in [0.05, 0.1) is 0 Å². The normalized spacial score (nSPS) is 34.2. The molecular formula is C13H24. The summed E-state index contributed by atoms with van der Waals surface area (Å²) >= 11 is 0. The van der Waals surface area contributed by atoms with Gasteiger partial charge in [-0.15, -0.1) is 0 Å². The van der Waals surface area contributed by atoms with Crippen LogP contribution in [-0.2, 0) is 0 Å². The Morgan fingerprint density at radius 3 is 2.54 bits per heavy atom. The Balaban J connectivity index is 1.93. The first kappa shape index (κ1) is 9.55. The van der Waals surface area contributed by atoms with E-state index in [1.54, 1.807) is 25.7 Å². The minimum absolute atomic E-state index is 0.841. The van der Waals surface area contributed by atoms with Crippen LogP contribution in [0.1, 0.15) is 65.2 Å². The highest BCUT2D eigenvalue weighted by Crippen LogP contribution is 2.54. The van der Waals surface area contributed by atoms with E-state index in [1.165, 1.54) is 25.7 Å². The Morgan fingerprint density at radius 2 is 1.92 bits per heavy atom. The van der Waals surface area contributed by atoms with Gasteiger partial charge in [0.2, 0.25) is 0 Å². The van der Waals surface area contributed by atoms with Gasteiger partial charge in [-0.05, 0) is 49.4 Å². The lowest BCUT2D eigenvalue weighted by molar-refractivity contribution is 0.266. The first-order valence-electron chi connectivity index (χ1n) is 6.26. The highest BCUT2D eigenvalue weighted by Gasteiger charge is 2.41. The van der Waals surface area contributed by atoms with Crippen molar-refractivity contribution in [2.75, 3.05) is 0 Å². The maximum Gasteiger partial charge on any atom is -0.0295 e. The standard InChI is InChI=1S/C13H24/c1-3-11(2)12-6-9-13(10-12)7-4-5-8-13/h11-12H,3-10H2,1-2H3. The van der Waals surface area contributed by atoms with Gasteiger partial charge in [-0.1, -0.05) is 33.1 Å². The Hall–Kier alpha value is 0. The maximum atomic E-state index is 2.46. The zero-order valence-corrected chi connectivity index (χ0v) is 9.31. The Kier molecular flexibility index (Phi) is 2.67. The van der Waals surface area contributed by atoms with Crippen LogP contribution in [0.2, 0.25) is 0 Å². The van der Waals surface area contributed by atoms with Crippen LogP contribution in [0.15, 0.2) is 0 Å². The molecule has 0 saturated heterocycles. The van der Waals surface area contributed by atoms with Crippen molar-refractivity contribution in [3.8, 4) is 0 Å². The van der Waals surface area contributed by atoms with Crippen LogP contribution in [0.4, 0.5) is 0 Å². The quantitative estimate of drug-likeness (QED) is 0.591. The lowest BCUT2D eigenvalue weighted by Gasteiger charge is -2.24. The fourth-order valence-corrected chi connectivity index (χ4v) is 3.65. The van der Waals surface area contributed by atoms with E-state index in [0.717, 1.165) is 17.3 Å². The summed E-state index contributed by atoms with van der Waals surface area (Å²) in [6, 6.07) is 0. The second-order valence-corrected chi connectivity index (χ2v) is 5.60. The second-order valence-electron chi connectivity index (χ2n) is 5.60. The second kappa shape index (κ2) is 3.63. The molecule has 2 aliphatic rings. The highest BCUT2D eigenvalue weighted by molar-refractivity contribution is 4.93. The van der Waals surface area contributed by atoms with Gasteiger partial charge in [-0.25, -0.2) is 0 Å². The van der Waals surface area contributed by atoms with E-state index in [9.17, 15) is 0 Å². The van der Waals surface area contributed by atoms with E-state index < -0.39 is 0 Å². The molecule has 0 heteroatoms. The van der Waals surface area contributed by atoms with E-state index >= 15 is 0 Å². The third kappa shape index (κ3) is 1.78. The van der Waals surface area contributed by atoms with Gasteiger partial charge in [0.15, 0.2) is 0 Å². The lowest BCUT2D eigenvalue weighted by Crippen LogP contribution is -2.13. The van der Waals surface area contributed by atoms with Crippen molar-refractivity contribution >= 4 is 0 Å². The first-order valence-corrected chi connectivity index (χ1v) is 6.26. The van der Waals surface area contributed by atoms with Crippen molar-refractivity contribution in [2.45, 2.75) is 65.2 Å². The zero-order chi connectivity index (χ0) is 9.31. The molecule has 0 radical (unpaired) electrons. The SMILES string of the molecule is CCC(C)C1CCC2(CCCC2)C1. The van der Waals surface area contributed by atoms with Crippen molar-refractivity contribution in [2.24, 2.45) is 17.3 Å². The van der Waals surface area contributed by atoms with Gasteiger partial charge < -0.3 is 0 Å². The molecule has 0 aromatic rings. The van der Waals surface area contributed by atoms with Gasteiger partial charge in [-0.3, -0.25) is 0 Å². The molecule has 76 valence electrons. The molecule has 2 rings (SSSR count). The van der Waals surface area contributed by atoms with Gasteiger partial charge in [-0.2, -0.15) is 0 Å². The Bertz CT molecular complexity index is 165. The van der Waals surface area contributed by atoms with Crippen LogP contribution in [0.3, 0.4) is 0 Å². The lowest BCUT2D eigenvalue weighted by atomic mass is 9.81. The van der Waals surface area contributed by atoms with Crippen LogP contribution in [0.5, 0.6) is 0 Å². The predicted octanol–water partition coefficient (Wildman–Crippen LogP) is 4.39. The Labute approximate surface area is 83.1 Å². The molecule has 0 bridgehead atoms. The zero-order valence-electron chi connectivity index (χ0n) is 9.31. The Morgan fingerprint density at radius 1 is 1.23 bits per heavy atom. The molecule has 13 heavy (non-hydrogen) atoms. The molecule has 0 aromatic carbocycles. The summed E-state index contributed by atoms with van der Waals surface area (Å²) in [6.45, 7) is 4.81. The molecule has 2 unspecified atom stereocenters. The van der Waals surface area contributed by atoms with Crippen LogP contribution in [0, 0.1) is 17.3 Å². The fourth-order valence-electron chi connectivity index (χ4n) is 3.65. The molecule has 0 amide bonds. The van der Waals surface area contributed by atoms with Crippen LogP contribution >= 0.6 is 0 Å². The van der Waals surface area contributed by atoms with Crippen molar-refractivity contribution in [3.63, 3.8) is 0 Å². The fraction of sp³-hybridized carbons (Fsp3) is 1.00. The molecule has 2 fully saturated rings. The maximum absolute atomic E-state index is 2.46. The molecule has 0 nitrogen and oxygen atoms in total. The van der Waals surface area contributed by atoms with Crippen molar-refractivity contribution < 1.29 is 0 Å². The molecule has 2 saturated carbocycles. The van der Waals surface area contributed by atoms with Gasteiger partial charge in [0, 0.05) is 0 Å². The van der Waals surface area contributed by atoms with E-state index in [0.29, 0.717) is 0 Å². The molecular weight excluding hydrogens is 156 g/mol. The number of hydrogen-bond acceptors (Lipinski definition) is 0. The van der Waals surface area contributed by atoms with E-state index in [-0.39, 0.29) is 0 Å². The minimum Gasteiger partial charge on any atom is -0.0651 e. The predicted molar refractivity (Wildman–Crippen MR) is 57.7 cm³/mol. The van der Waals surface area contributed by atoms with Crippen LogP contribution < -0.4 is 0 Å². The molecule has 0 aliphatic heterocycles. The van der Waals surface area contributed by atoms with E-state index in [4.69, 9.17) is 0 Å². The summed E-state index contributed by atoms with van der Waals surface area (Å²) in [5.74, 6) is 2.06. The largest absolute Gasteiger partial charge is 0.0651 e. The summed E-state index contributed by atoms with van der Waals surface area (Å²) in [5.41, 5.74) is 0.841. The van der Waals surface area contributed by atoms with E-state index in [1.807, 2.05) is 0 Å². The van der Waals surface area contributed by atoms with Gasteiger partial charge >= 0.3 is 0 Å². The van der Waals surface area contributed by atoms with Crippen molar-refractivity contribution in [1.82, 2.24) is 0 Å². The van der Waals surface area contributed by atoms with Crippen molar-refractivity contribution in [1.29, 1.82) is 0 Å². The van der Waals surface area contributed by atoms with E-state index in [2.05, 4.69) is 13.8 Å². The minimum atomic E-state index is 0.841. The average Bonchev–Trinajstić information content (AvgIpc) is 2.76. The monoisotopic (exact) mass is 180 g/mol. The average molecular weight is 180 g/mol. The smallest absolute Gasteiger partial charge is 0.0295 e. The molecule has 0 heterocycles. The summed E-state index contributed by atoms with van der Waals surface area (Å²) in [5, 5.41) is 0. The van der Waals surface area contributed by atoms with Crippen LogP contribution in [0.25, 0.3) is 0 Å². The molecule has 1 spiro atoms. The molecule has 2 atom stereocenters. The molecule has 0 N–H and O–H groups in total. The summed E-state index contributed by atoms with van der Waals surface area (Å²) in [6.07, 6.45) is 12.2. The van der Waals surface area contributed by atoms with Crippen LogP contribution in [-0.4, -0.2) is 0 Å². The summed E-state index contributed by atoms with van der Waals surface area (Å²) in [4.78, 5) is 0. The van der Waals surface area contributed by atoms with Gasteiger partial charge in [0.1, 0.15) is 0 Å². The van der Waals surface area contributed by atoms with Crippen molar-refractivity contribution in [3.05, 3.63) is 0 Å². The molecule has 0 aromatic heterocycles. The third-order valence-electron chi connectivity index (χ3n) is 4.85. The number of rotatable bonds is 2. The first-order chi connectivity index (χ1) is 6.26. The topological polar surface area (TPSA) is 0 Å². The molecule has 2 aliphatic carbocycles. The number of hydrogen-bond donors (Lipinski definition) is 0. The third-order valence-corrected chi connectivity index (χ3v) is 4.85. The summed E-state index contributed by atoms with van der Waals surface area (Å²) in [7, 11) is 0. The van der Waals surface area contributed by atoms with Gasteiger partial charge in [0.25, 0.3) is 0 Å². The summed E-state index contributed by atoms with van der Waals surface area (Å²) < 4.78 is 0. The highest BCUT2D eigenvalue weighted by atomic mass is 14.5.